The minimum atomic E-state index is 0.463. The van der Waals surface area contributed by atoms with Gasteiger partial charge in [0.25, 0.3) is 0 Å². The van der Waals surface area contributed by atoms with Gasteiger partial charge in [-0.1, -0.05) is 48.5 Å². The average molecular weight is 259 g/mol. The van der Waals surface area contributed by atoms with Gasteiger partial charge in [0.05, 0.1) is 0 Å². The van der Waals surface area contributed by atoms with Crippen molar-refractivity contribution >= 4 is 10.8 Å². The second kappa shape index (κ2) is 4.75. The Labute approximate surface area is 119 Å². The van der Waals surface area contributed by atoms with Gasteiger partial charge in [-0.3, -0.25) is 4.98 Å². The van der Waals surface area contributed by atoms with Crippen molar-refractivity contribution in [2.45, 2.75) is 25.2 Å². The largest absolute Gasteiger partial charge is 0.260 e. The van der Waals surface area contributed by atoms with Gasteiger partial charge >= 0.3 is 0 Å². The van der Waals surface area contributed by atoms with Gasteiger partial charge in [-0.05, 0) is 41.8 Å². The van der Waals surface area contributed by atoms with Crippen LogP contribution in [0.3, 0.4) is 0 Å². The number of benzene rings is 2. The molecular formula is C19H17N. The first-order chi connectivity index (χ1) is 9.92. The fourth-order valence-electron chi connectivity index (χ4n) is 3.35. The second-order valence-electron chi connectivity index (χ2n) is 5.60. The standard InChI is InChI=1S/C19H17N/c1-2-8-16-13-20-19(12-15(16)7-1)18-11-5-9-14-6-3-4-10-17(14)18/h1-4,6-8,10,12-13,18H,5,9,11H2. The molecule has 1 aliphatic carbocycles. The molecule has 0 spiro atoms. The topological polar surface area (TPSA) is 12.9 Å². The Morgan fingerprint density at radius 1 is 0.900 bits per heavy atom. The Hall–Kier alpha value is -2.15. The molecule has 3 aromatic rings. The van der Waals surface area contributed by atoms with Crippen LogP contribution >= 0.6 is 0 Å². The van der Waals surface area contributed by atoms with Gasteiger partial charge in [-0.2, -0.15) is 0 Å². The van der Waals surface area contributed by atoms with E-state index < -0.39 is 0 Å². The van der Waals surface area contributed by atoms with Crippen molar-refractivity contribution in [2.24, 2.45) is 0 Å². The maximum atomic E-state index is 4.73. The van der Waals surface area contributed by atoms with Gasteiger partial charge in [-0.25, -0.2) is 0 Å². The van der Waals surface area contributed by atoms with Crippen LogP contribution in [0.15, 0.2) is 60.8 Å². The van der Waals surface area contributed by atoms with E-state index in [2.05, 4.69) is 54.6 Å². The summed E-state index contributed by atoms with van der Waals surface area (Å²) in [6, 6.07) is 19.6. The summed E-state index contributed by atoms with van der Waals surface area (Å²) in [7, 11) is 0. The van der Waals surface area contributed by atoms with Crippen LogP contribution in [-0.4, -0.2) is 4.98 Å². The number of aryl methyl sites for hydroxylation is 1. The van der Waals surface area contributed by atoms with Crippen molar-refractivity contribution in [3.8, 4) is 0 Å². The van der Waals surface area contributed by atoms with Crippen LogP contribution in [0.25, 0.3) is 10.8 Å². The number of pyridine rings is 1. The van der Waals surface area contributed by atoms with E-state index >= 15 is 0 Å². The molecule has 98 valence electrons. The van der Waals surface area contributed by atoms with Crippen molar-refractivity contribution in [3.63, 3.8) is 0 Å². The van der Waals surface area contributed by atoms with Crippen LogP contribution in [0.2, 0.25) is 0 Å². The summed E-state index contributed by atoms with van der Waals surface area (Å²) in [6.07, 6.45) is 5.70. The normalized spacial score (nSPS) is 17.9. The van der Waals surface area contributed by atoms with Gasteiger partial charge in [0.1, 0.15) is 0 Å². The molecule has 20 heavy (non-hydrogen) atoms. The lowest BCUT2D eigenvalue weighted by Crippen LogP contribution is -2.12. The number of hydrogen-bond donors (Lipinski definition) is 0. The van der Waals surface area contributed by atoms with E-state index in [9.17, 15) is 0 Å². The summed E-state index contributed by atoms with van der Waals surface area (Å²) < 4.78 is 0. The molecule has 1 heterocycles. The van der Waals surface area contributed by atoms with Crippen molar-refractivity contribution in [1.29, 1.82) is 0 Å². The lowest BCUT2D eigenvalue weighted by Gasteiger charge is -2.25. The highest BCUT2D eigenvalue weighted by Crippen LogP contribution is 2.36. The van der Waals surface area contributed by atoms with E-state index in [1.54, 1.807) is 0 Å². The highest BCUT2D eigenvalue weighted by Gasteiger charge is 2.22. The van der Waals surface area contributed by atoms with E-state index in [1.165, 1.54) is 46.9 Å². The second-order valence-corrected chi connectivity index (χ2v) is 5.60. The molecule has 0 N–H and O–H groups in total. The molecule has 1 aliphatic rings. The molecule has 0 amide bonds. The summed E-state index contributed by atoms with van der Waals surface area (Å²) in [4.78, 5) is 4.73. The lowest BCUT2D eigenvalue weighted by atomic mass is 9.80. The Bertz CT molecular complexity index is 760. The lowest BCUT2D eigenvalue weighted by molar-refractivity contribution is 0.605. The first-order valence-corrected chi connectivity index (χ1v) is 7.34. The minimum Gasteiger partial charge on any atom is -0.260 e. The number of rotatable bonds is 1. The zero-order valence-electron chi connectivity index (χ0n) is 11.4. The molecule has 2 aromatic carbocycles. The van der Waals surface area contributed by atoms with Gasteiger partial charge in [0, 0.05) is 23.2 Å². The zero-order valence-corrected chi connectivity index (χ0v) is 11.4. The SMILES string of the molecule is c1ccc2c(c1)CCCC2c1cc2ccccc2cn1. The maximum absolute atomic E-state index is 4.73. The molecule has 0 aliphatic heterocycles. The Balaban J connectivity index is 1.84. The molecule has 0 saturated carbocycles. The molecular weight excluding hydrogens is 242 g/mol. The molecule has 0 bridgehead atoms. The third-order valence-corrected chi connectivity index (χ3v) is 4.38. The molecule has 1 unspecified atom stereocenters. The van der Waals surface area contributed by atoms with Gasteiger partial charge in [0.15, 0.2) is 0 Å². The summed E-state index contributed by atoms with van der Waals surface area (Å²) in [5.74, 6) is 0.463. The fraction of sp³-hybridized carbons (Fsp3) is 0.211. The summed E-state index contributed by atoms with van der Waals surface area (Å²) in [5, 5.41) is 2.51. The van der Waals surface area contributed by atoms with Crippen LogP contribution in [0.1, 0.15) is 35.6 Å². The number of aromatic nitrogens is 1. The first kappa shape index (κ1) is 11.7. The summed E-state index contributed by atoms with van der Waals surface area (Å²) in [5.41, 5.74) is 4.19. The van der Waals surface area contributed by atoms with E-state index in [0.29, 0.717) is 5.92 Å². The zero-order chi connectivity index (χ0) is 13.4. The third-order valence-electron chi connectivity index (χ3n) is 4.38. The van der Waals surface area contributed by atoms with E-state index in [-0.39, 0.29) is 0 Å². The Morgan fingerprint density at radius 3 is 2.65 bits per heavy atom. The fourth-order valence-corrected chi connectivity index (χ4v) is 3.35. The van der Waals surface area contributed by atoms with Crippen molar-refractivity contribution in [1.82, 2.24) is 4.98 Å². The predicted octanol–water partition coefficient (Wildman–Crippen LogP) is 4.70. The van der Waals surface area contributed by atoms with Crippen LogP contribution in [0.4, 0.5) is 0 Å². The Kier molecular flexibility index (Phi) is 2.77. The summed E-state index contributed by atoms with van der Waals surface area (Å²) >= 11 is 0. The van der Waals surface area contributed by atoms with Crippen molar-refractivity contribution < 1.29 is 0 Å². The predicted molar refractivity (Wildman–Crippen MR) is 83.0 cm³/mol. The van der Waals surface area contributed by atoms with Crippen LogP contribution < -0.4 is 0 Å². The maximum Gasteiger partial charge on any atom is 0.0484 e. The van der Waals surface area contributed by atoms with E-state index in [4.69, 9.17) is 4.98 Å². The van der Waals surface area contributed by atoms with Crippen LogP contribution in [-0.2, 0) is 6.42 Å². The monoisotopic (exact) mass is 259 g/mol. The molecule has 1 atom stereocenters. The highest BCUT2D eigenvalue weighted by molar-refractivity contribution is 5.82. The Morgan fingerprint density at radius 2 is 1.70 bits per heavy atom. The number of nitrogens with zero attached hydrogens (tertiary/aromatic N) is 1. The third kappa shape index (κ3) is 1.90. The molecule has 0 radical (unpaired) electrons. The highest BCUT2D eigenvalue weighted by atomic mass is 14.7. The number of fused-ring (bicyclic) bond motifs is 2. The van der Waals surface area contributed by atoms with Gasteiger partial charge in [0.2, 0.25) is 0 Å². The molecule has 0 fully saturated rings. The van der Waals surface area contributed by atoms with Gasteiger partial charge < -0.3 is 0 Å². The van der Waals surface area contributed by atoms with Crippen molar-refractivity contribution in [2.75, 3.05) is 0 Å². The molecule has 4 rings (SSSR count). The van der Waals surface area contributed by atoms with E-state index in [1.807, 2.05) is 6.20 Å². The minimum absolute atomic E-state index is 0.463. The smallest absolute Gasteiger partial charge is 0.0484 e. The van der Waals surface area contributed by atoms with Crippen LogP contribution in [0.5, 0.6) is 0 Å². The molecule has 1 heteroatoms. The first-order valence-electron chi connectivity index (χ1n) is 7.34. The molecule has 0 saturated heterocycles. The quantitative estimate of drug-likeness (QED) is 0.617. The molecule has 1 nitrogen and oxygen atoms in total. The van der Waals surface area contributed by atoms with E-state index in [0.717, 1.165) is 0 Å². The molecule has 1 aromatic heterocycles. The van der Waals surface area contributed by atoms with Crippen LogP contribution in [0, 0.1) is 0 Å². The van der Waals surface area contributed by atoms with Crippen molar-refractivity contribution in [3.05, 3.63) is 77.6 Å². The van der Waals surface area contributed by atoms with Gasteiger partial charge in [-0.15, -0.1) is 0 Å². The number of hydrogen-bond acceptors (Lipinski definition) is 1. The summed E-state index contributed by atoms with van der Waals surface area (Å²) in [6.45, 7) is 0. The average Bonchev–Trinajstić information content (AvgIpc) is 2.54.